The maximum absolute atomic E-state index is 13.7. The molecular weight excluding hydrogens is 332 g/mol. The van der Waals surface area contributed by atoms with Crippen molar-refractivity contribution in [2.24, 2.45) is 0 Å². The fraction of sp³-hybridized carbons (Fsp3) is 0.538. The van der Waals surface area contributed by atoms with Crippen LogP contribution in [0.2, 0.25) is 0 Å². The predicted octanol–water partition coefficient (Wildman–Crippen LogP) is 3.53. The third kappa shape index (κ3) is 5.21. The Balaban J connectivity index is 2.31. The van der Waals surface area contributed by atoms with Crippen molar-refractivity contribution in [3.05, 3.63) is 29.6 Å². The van der Waals surface area contributed by atoms with E-state index in [1.807, 2.05) is 6.07 Å². The van der Waals surface area contributed by atoms with Gasteiger partial charge in [0.25, 0.3) is 0 Å². The molecule has 17 heavy (non-hydrogen) atoms. The lowest BCUT2D eigenvalue weighted by Gasteiger charge is -2.08. The van der Waals surface area contributed by atoms with Gasteiger partial charge >= 0.3 is 0 Å². The minimum atomic E-state index is -0.255. The van der Waals surface area contributed by atoms with Crippen LogP contribution in [0.5, 0.6) is 5.75 Å². The van der Waals surface area contributed by atoms with Crippen molar-refractivity contribution in [3.8, 4) is 5.75 Å². The summed E-state index contributed by atoms with van der Waals surface area (Å²) in [4.78, 5) is 0. The lowest BCUT2D eigenvalue weighted by atomic mass is 10.2. The van der Waals surface area contributed by atoms with Crippen molar-refractivity contribution in [2.75, 3.05) is 18.1 Å². The Morgan fingerprint density at radius 2 is 2.12 bits per heavy atom. The maximum atomic E-state index is 13.7. The topological polar surface area (TPSA) is 21.3 Å². The van der Waals surface area contributed by atoms with Crippen molar-refractivity contribution in [1.82, 2.24) is 5.32 Å². The molecule has 0 amide bonds. The number of hydrogen-bond donors (Lipinski definition) is 1. The SMILES string of the molecule is COc1cccc(CNCCCCCI)c1F. The van der Waals surface area contributed by atoms with Gasteiger partial charge in [-0.05, 0) is 29.9 Å². The van der Waals surface area contributed by atoms with Gasteiger partial charge in [-0.25, -0.2) is 4.39 Å². The Hall–Kier alpha value is -0.360. The molecule has 0 fully saturated rings. The molecule has 96 valence electrons. The van der Waals surface area contributed by atoms with E-state index in [9.17, 15) is 4.39 Å². The van der Waals surface area contributed by atoms with E-state index in [0.29, 0.717) is 17.9 Å². The van der Waals surface area contributed by atoms with Gasteiger partial charge in [0, 0.05) is 12.1 Å². The summed E-state index contributed by atoms with van der Waals surface area (Å²) < 4.78 is 19.9. The van der Waals surface area contributed by atoms with Gasteiger partial charge in [0.2, 0.25) is 0 Å². The van der Waals surface area contributed by atoms with E-state index >= 15 is 0 Å². The summed E-state index contributed by atoms with van der Waals surface area (Å²) in [5, 5.41) is 3.25. The predicted molar refractivity (Wildman–Crippen MR) is 77.4 cm³/mol. The van der Waals surface area contributed by atoms with Crippen molar-refractivity contribution in [1.29, 1.82) is 0 Å². The van der Waals surface area contributed by atoms with E-state index in [1.165, 1.54) is 24.4 Å². The van der Waals surface area contributed by atoms with Crippen LogP contribution in [0.4, 0.5) is 4.39 Å². The third-order valence-corrected chi connectivity index (χ3v) is 3.33. The summed E-state index contributed by atoms with van der Waals surface area (Å²) in [6.45, 7) is 1.50. The van der Waals surface area contributed by atoms with E-state index in [4.69, 9.17) is 4.74 Å². The van der Waals surface area contributed by atoms with Gasteiger partial charge in [-0.1, -0.05) is 41.1 Å². The van der Waals surface area contributed by atoms with Crippen molar-refractivity contribution < 1.29 is 9.13 Å². The van der Waals surface area contributed by atoms with E-state index in [2.05, 4.69) is 27.9 Å². The summed E-state index contributed by atoms with van der Waals surface area (Å²) in [6, 6.07) is 5.24. The van der Waals surface area contributed by atoms with Crippen molar-refractivity contribution >= 4 is 22.6 Å². The summed E-state index contributed by atoms with van der Waals surface area (Å²) in [6.07, 6.45) is 3.64. The molecule has 0 aromatic heterocycles. The Bertz CT molecular complexity index is 333. The molecule has 2 nitrogen and oxygen atoms in total. The molecule has 0 heterocycles. The maximum Gasteiger partial charge on any atom is 0.169 e. The highest BCUT2D eigenvalue weighted by Gasteiger charge is 2.07. The van der Waals surface area contributed by atoms with Crippen LogP contribution in [0.1, 0.15) is 24.8 Å². The van der Waals surface area contributed by atoms with Crippen LogP contribution in [0.25, 0.3) is 0 Å². The van der Waals surface area contributed by atoms with Crippen molar-refractivity contribution in [2.45, 2.75) is 25.8 Å². The van der Waals surface area contributed by atoms with Crippen LogP contribution in [0.15, 0.2) is 18.2 Å². The first-order valence-corrected chi connectivity index (χ1v) is 7.40. The molecule has 1 N–H and O–H groups in total. The average molecular weight is 351 g/mol. The van der Waals surface area contributed by atoms with Crippen LogP contribution >= 0.6 is 22.6 Å². The number of benzene rings is 1. The number of alkyl halides is 1. The molecular formula is C13H19FINO. The van der Waals surface area contributed by atoms with Crippen molar-refractivity contribution in [3.63, 3.8) is 0 Å². The normalized spacial score (nSPS) is 10.5. The van der Waals surface area contributed by atoms with E-state index in [1.54, 1.807) is 12.1 Å². The highest BCUT2D eigenvalue weighted by atomic mass is 127. The summed E-state index contributed by atoms with van der Waals surface area (Å²) in [5.41, 5.74) is 0.665. The molecule has 1 rings (SSSR count). The first kappa shape index (κ1) is 14.7. The summed E-state index contributed by atoms with van der Waals surface area (Å²) >= 11 is 2.39. The zero-order chi connectivity index (χ0) is 12.5. The van der Waals surface area contributed by atoms with E-state index in [0.717, 1.165) is 13.0 Å². The molecule has 0 atom stereocenters. The molecule has 0 spiro atoms. The lowest BCUT2D eigenvalue weighted by Crippen LogP contribution is -2.15. The van der Waals surface area contributed by atoms with Crippen LogP contribution in [-0.4, -0.2) is 18.1 Å². The number of halogens is 2. The highest BCUT2D eigenvalue weighted by molar-refractivity contribution is 14.1. The van der Waals surface area contributed by atoms with Crippen LogP contribution in [0, 0.1) is 5.82 Å². The number of rotatable bonds is 8. The first-order chi connectivity index (χ1) is 8.29. The molecule has 4 heteroatoms. The monoisotopic (exact) mass is 351 g/mol. The number of hydrogen-bond acceptors (Lipinski definition) is 2. The number of ether oxygens (including phenoxy) is 1. The second kappa shape index (κ2) is 8.69. The van der Waals surface area contributed by atoms with Gasteiger partial charge < -0.3 is 10.1 Å². The molecule has 0 aliphatic carbocycles. The highest BCUT2D eigenvalue weighted by Crippen LogP contribution is 2.19. The molecule has 0 aliphatic heterocycles. The molecule has 0 saturated carbocycles. The molecule has 0 unspecified atom stereocenters. The Labute approximate surface area is 116 Å². The number of nitrogens with one attached hydrogen (secondary N) is 1. The Morgan fingerprint density at radius 1 is 1.29 bits per heavy atom. The molecule has 0 bridgehead atoms. The van der Waals surface area contributed by atoms with Gasteiger partial charge in [-0.2, -0.15) is 0 Å². The quantitative estimate of drug-likeness (QED) is 0.440. The summed E-state index contributed by atoms with van der Waals surface area (Å²) in [7, 11) is 1.49. The minimum absolute atomic E-state index is 0.255. The standard InChI is InChI=1S/C13H19FINO/c1-17-12-7-5-6-11(13(12)14)10-16-9-4-2-3-8-15/h5-7,16H,2-4,8-10H2,1H3. The fourth-order valence-electron chi connectivity index (χ4n) is 1.59. The Kier molecular flexibility index (Phi) is 7.51. The van der Waals surface area contributed by atoms with Gasteiger partial charge in [-0.15, -0.1) is 0 Å². The average Bonchev–Trinajstić information content (AvgIpc) is 2.35. The van der Waals surface area contributed by atoms with Gasteiger partial charge in [0.05, 0.1) is 7.11 Å². The van der Waals surface area contributed by atoms with Gasteiger partial charge in [0.1, 0.15) is 0 Å². The zero-order valence-electron chi connectivity index (χ0n) is 10.1. The third-order valence-electron chi connectivity index (χ3n) is 2.57. The molecule has 1 aromatic carbocycles. The first-order valence-electron chi connectivity index (χ1n) is 5.87. The Morgan fingerprint density at radius 3 is 2.82 bits per heavy atom. The van der Waals surface area contributed by atoms with Gasteiger partial charge in [-0.3, -0.25) is 0 Å². The molecule has 0 aliphatic rings. The van der Waals surface area contributed by atoms with E-state index in [-0.39, 0.29) is 5.82 Å². The molecule has 0 saturated heterocycles. The van der Waals surface area contributed by atoms with Crippen LogP contribution in [0.3, 0.4) is 0 Å². The minimum Gasteiger partial charge on any atom is -0.494 e. The fourth-order valence-corrected chi connectivity index (χ4v) is 2.13. The lowest BCUT2D eigenvalue weighted by molar-refractivity contribution is 0.383. The zero-order valence-corrected chi connectivity index (χ0v) is 12.3. The smallest absolute Gasteiger partial charge is 0.169 e. The largest absolute Gasteiger partial charge is 0.494 e. The second-order valence-electron chi connectivity index (χ2n) is 3.86. The van der Waals surface area contributed by atoms with Crippen LogP contribution < -0.4 is 10.1 Å². The van der Waals surface area contributed by atoms with Crippen LogP contribution in [-0.2, 0) is 6.54 Å². The second-order valence-corrected chi connectivity index (χ2v) is 4.94. The van der Waals surface area contributed by atoms with E-state index < -0.39 is 0 Å². The van der Waals surface area contributed by atoms with Gasteiger partial charge in [0.15, 0.2) is 11.6 Å². The number of unbranched alkanes of at least 4 members (excludes halogenated alkanes) is 2. The molecule has 0 radical (unpaired) electrons. The number of methoxy groups -OCH3 is 1. The molecule has 1 aromatic rings. The summed E-state index contributed by atoms with van der Waals surface area (Å²) in [5.74, 6) is 0.0592.